The van der Waals surface area contributed by atoms with E-state index in [1.165, 1.54) is 22.1 Å². The van der Waals surface area contributed by atoms with E-state index in [4.69, 9.17) is 9.47 Å². The summed E-state index contributed by atoms with van der Waals surface area (Å²) >= 11 is 0. The highest BCUT2D eigenvalue weighted by molar-refractivity contribution is 7.00. The molecule has 226 valence electrons. The van der Waals surface area contributed by atoms with Crippen LogP contribution < -0.4 is 40.6 Å². The molecule has 5 nitrogen and oxygen atoms in total. The largest absolute Gasteiger partial charge is 0.457 e. The van der Waals surface area contributed by atoms with E-state index in [2.05, 4.69) is 154 Å². The zero-order valence-corrected chi connectivity index (χ0v) is 26.0. The van der Waals surface area contributed by atoms with Crippen molar-refractivity contribution in [3.8, 4) is 17.2 Å². The molecule has 0 saturated carbocycles. The first-order valence-corrected chi connectivity index (χ1v) is 16.6. The Bertz CT molecular complexity index is 2350. The first-order chi connectivity index (χ1) is 23.8. The van der Waals surface area contributed by atoms with Crippen molar-refractivity contribution < 1.29 is 9.47 Å². The molecule has 0 bridgehead atoms. The highest BCUT2D eigenvalue weighted by atomic mass is 16.5. The summed E-state index contributed by atoms with van der Waals surface area (Å²) in [6.45, 7) is -0.00414. The normalized spacial score (nSPS) is 15.4. The van der Waals surface area contributed by atoms with E-state index in [0.717, 1.165) is 81.4 Å². The topological polar surface area (TPSA) is 28.2 Å². The van der Waals surface area contributed by atoms with Crippen LogP contribution in [0.15, 0.2) is 157 Å². The van der Waals surface area contributed by atoms with Crippen LogP contribution in [-0.2, 0) is 0 Å². The Morgan fingerprint density at radius 1 is 0.542 bits per heavy atom. The van der Waals surface area contributed by atoms with Gasteiger partial charge in [-0.15, -0.1) is 0 Å². The fraction of sp³-hybridized carbons (Fsp3) is 0.0476. The Hall–Kier alpha value is -6.14. The molecule has 0 spiro atoms. The lowest BCUT2D eigenvalue weighted by atomic mass is 9.33. The Kier molecular flexibility index (Phi) is 5.25. The highest BCUT2D eigenvalue weighted by Gasteiger charge is 2.48. The summed E-state index contributed by atoms with van der Waals surface area (Å²) in [5.74, 6) is 3.66. The van der Waals surface area contributed by atoms with Gasteiger partial charge in [0.25, 0.3) is 6.71 Å². The molecule has 1 aliphatic carbocycles. The van der Waals surface area contributed by atoms with Crippen molar-refractivity contribution in [2.45, 2.75) is 12.8 Å². The fourth-order valence-corrected chi connectivity index (χ4v) is 8.32. The predicted molar refractivity (Wildman–Crippen MR) is 195 cm³/mol. The Labute approximate surface area is 279 Å². The Balaban J connectivity index is 1.28. The zero-order valence-electron chi connectivity index (χ0n) is 26.0. The standard InChI is InChI=1S/C42H28BN3O2/c1-3-13-27(14-4-1)44(28-15-5-2-6-16-28)29-25-34-40-35(26-29)46-33-20-8-10-22-37(33)48-39-24-12-18-31(42(39)46)43(40)30-17-11-23-38-41(30)45(34)32-19-7-9-21-36(32)47-38/h1-9,11-21,23-26H,10,22H2. The van der Waals surface area contributed by atoms with E-state index in [9.17, 15) is 0 Å². The van der Waals surface area contributed by atoms with Crippen molar-refractivity contribution in [1.82, 2.24) is 0 Å². The third-order valence-corrected chi connectivity index (χ3v) is 10.2. The van der Waals surface area contributed by atoms with E-state index < -0.39 is 0 Å². The maximum Gasteiger partial charge on any atom is 0.252 e. The second kappa shape index (κ2) is 9.69. The second-order valence-corrected chi connectivity index (χ2v) is 12.8. The Morgan fingerprint density at radius 3 is 1.88 bits per heavy atom. The van der Waals surface area contributed by atoms with Gasteiger partial charge in [-0.3, -0.25) is 0 Å². The van der Waals surface area contributed by atoms with Crippen LogP contribution in [0.5, 0.6) is 17.2 Å². The quantitative estimate of drug-likeness (QED) is 0.185. The summed E-state index contributed by atoms with van der Waals surface area (Å²) in [4.78, 5) is 7.29. The molecular weight excluding hydrogens is 589 g/mol. The number of anilines is 8. The molecule has 6 aromatic carbocycles. The summed E-state index contributed by atoms with van der Waals surface area (Å²) < 4.78 is 13.3. The molecule has 5 aliphatic rings. The van der Waals surface area contributed by atoms with Crippen molar-refractivity contribution in [2.24, 2.45) is 0 Å². The van der Waals surface area contributed by atoms with Gasteiger partial charge < -0.3 is 24.2 Å². The van der Waals surface area contributed by atoms with Crippen LogP contribution >= 0.6 is 0 Å². The third kappa shape index (κ3) is 3.46. The molecule has 6 heteroatoms. The van der Waals surface area contributed by atoms with Crippen molar-refractivity contribution in [3.05, 3.63) is 157 Å². The van der Waals surface area contributed by atoms with E-state index in [1.54, 1.807) is 0 Å². The van der Waals surface area contributed by atoms with Gasteiger partial charge in [0.2, 0.25) is 0 Å². The minimum absolute atomic E-state index is 0.00414. The van der Waals surface area contributed by atoms with Gasteiger partial charge in [-0.2, -0.15) is 0 Å². The summed E-state index contributed by atoms with van der Waals surface area (Å²) in [7, 11) is 0. The van der Waals surface area contributed by atoms with Crippen LogP contribution in [0, 0.1) is 0 Å². The Morgan fingerprint density at radius 2 is 1.15 bits per heavy atom. The van der Waals surface area contributed by atoms with Gasteiger partial charge in [0.15, 0.2) is 17.2 Å². The minimum Gasteiger partial charge on any atom is -0.457 e. The predicted octanol–water partition coefficient (Wildman–Crippen LogP) is 8.97. The van der Waals surface area contributed by atoms with E-state index >= 15 is 0 Å². The maximum atomic E-state index is 6.71. The third-order valence-electron chi connectivity index (χ3n) is 10.2. The lowest BCUT2D eigenvalue weighted by Gasteiger charge is -2.48. The average molecular weight is 618 g/mol. The lowest BCUT2D eigenvalue weighted by molar-refractivity contribution is 0.389. The molecule has 4 heterocycles. The summed E-state index contributed by atoms with van der Waals surface area (Å²) in [5.41, 5.74) is 13.8. The van der Waals surface area contributed by atoms with Crippen LogP contribution in [0.3, 0.4) is 0 Å². The fourth-order valence-electron chi connectivity index (χ4n) is 8.32. The van der Waals surface area contributed by atoms with Crippen LogP contribution in [0.25, 0.3) is 0 Å². The van der Waals surface area contributed by atoms with Crippen LogP contribution in [0.1, 0.15) is 12.8 Å². The van der Waals surface area contributed by atoms with Crippen molar-refractivity contribution in [1.29, 1.82) is 0 Å². The molecule has 0 amide bonds. The van der Waals surface area contributed by atoms with Gasteiger partial charge in [0, 0.05) is 29.2 Å². The van der Waals surface area contributed by atoms with Crippen molar-refractivity contribution in [2.75, 3.05) is 14.7 Å². The monoisotopic (exact) mass is 617 g/mol. The number of ether oxygens (including phenoxy) is 2. The van der Waals surface area contributed by atoms with Gasteiger partial charge in [-0.25, -0.2) is 0 Å². The summed E-state index contributed by atoms with van der Waals surface area (Å²) in [6, 6.07) is 47.6. The van der Waals surface area contributed by atoms with Crippen LogP contribution in [-0.4, -0.2) is 6.71 Å². The second-order valence-electron chi connectivity index (χ2n) is 12.8. The molecule has 6 aromatic rings. The number of para-hydroxylation sites is 6. The molecule has 48 heavy (non-hydrogen) atoms. The molecule has 0 fully saturated rings. The number of hydrogen-bond acceptors (Lipinski definition) is 5. The zero-order chi connectivity index (χ0) is 31.3. The number of nitrogens with zero attached hydrogens (tertiary/aromatic N) is 3. The van der Waals surface area contributed by atoms with Crippen LogP contribution in [0.2, 0.25) is 0 Å². The van der Waals surface area contributed by atoms with E-state index in [0.29, 0.717) is 0 Å². The SMILES string of the molecule is C1=CC2=C(CC1)Oc1cccc3c1N2c1cc(N(c2ccccc2)c2ccccc2)cc2c1B3c1cccc3c1N2c1ccccc1O3. The van der Waals surface area contributed by atoms with E-state index in [1.807, 2.05) is 6.07 Å². The molecule has 11 rings (SSSR count). The number of fused-ring (bicyclic) bond motifs is 7. The van der Waals surface area contributed by atoms with Crippen molar-refractivity contribution in [3.63, 3.8) is 0 Å². The molecule has 0 unspecified atom stereocenters. The first-order valence-electron chi connectivity index (χ1n) is 16.6. The molecule has 0 atom stereocenters. The van der Waals surface area contributed by atoms with Gasteiger partial charge in [0.05, 0.1) is 28.4 Å². The van der Waals surface area contributed by atoms with Gasteiger partial charge in [-0.1, -0.05) is 78.9 Å². The number of hydrogen-bond donors (Lipinski definition) is 0. The first kappa shape index (κ1) is 26.0. The molecular formula is C42H28BN3O2. The lowest BCUT2D eigenvalue weighted by Crippen LogP contribution is -2.62. The van der Waals surface area contributed by atoms with Crippen molar-refractivity contribution >= 4 is 68.6 Å². The summed E-state index contributed by atoms with van der Waals surface area (Å²) in [5, 5.41) is 0. The van der Waals surface area contributed by atoms with Gasteiger partial charge >= 0.3 is 0 Å². The molecule has 0 radical (unpaired) electrons. The number of allylic oxidation sites excluding steroid dienone is 3. The van der Waals surface area contributed by atoms with Crippen LogP contribution in [0.4, 0.5) is 45.5 Å². The van der Waals surface area contributed by atoms with E-state index in [-0.39, 0.29) is 6.71 Å². The smallest absolute Gasteiger partial charge is 0.252 e. The average Bonchev–Trinajstić information content (AvgIpc) is 3.14. The molecule has 0 saturated heterocycles. The minimum atomic E-state index is -0.00414. The van der Waals surface area contributed by atoms with Gasteiger partial charge in [0.1, 0.15) is 5.76 Å². The number of rotatable bonds is 3. The number of benzene rings is 6. The maximum absolute atomic E-state index is 6.71. The highest BCUT2D eigenvalue weighted by Crippen LogP contribution is 2.55. The molecule has 0 aromatic heterocycles. The van der Waals surface area contributed by atoms with Gasteiger partial charge in [-0.05, 0) is 89.5 Å². The molecule has 0 N–H and O–H groups in total. The summed E-state index contributed by atoms with van der Waals surface area (Å²) in [6.07, 6.45) is 6.38. The molecule has 4 aliphatic heterocycles.